The van der Waals surface area contributed by atoms with E-state index in [-0.39, 0.29) is 11.9 Å². The minimum atomic E-state index is 0.0776. The van der Waals surface area contributed by atoms with Crippen LogP contribution < -0.4 is 5.32 Å². The van der Waals surface area contributed by atoms with Crippen molar-refractivity contribution in [3.8, 4) is 0 Å². The van der Waals surface area contributed by atoms with Crippen LogP contribution in [-0.4, -0.2) is 36.4 Å². The molecule has 1 rings (SSSR count). The van der Waals surface area contributed by atoms with E-state index >= 15 is 0 Å². The monoisotopic (exact) mass is 207 g/mol. The van der Waals surface area contributed by atoms with Crippen LogP contribution >= 0.6 is 0 Å². The molecule has 0 aliphatic heterocycles. The van der Waals surface area contributed by atoms with Gasteiger partial charge in [0.2, 0.25) is 5.91 Å². The Morgan fingerprint density at radius 1 is 1.53 bits per heavy atom. The lowest BCUT2D eigenvalue weighted by atomic mass is 10.1. The molecule has 1 aromatic rings. The number of carbonyl (C=O) groups excluding carboxylic acids is 1. The molecule has 1 aromatic heterocycles. The van der Waals surface area contributed by atoms with Crippen molar-refractivity contribution in [2.75, 3.05) is 20.6 Å². The van der Waals surface area contributed by atoms with E-state index in [0.29, 0.717) is 6.54 Å². The van der Waals surface area contributed by atoms with Gasteiger partial charge in [-0.3, -0.25) is 9.78 Å². The molecule has 1 atom stereocenters. The molecule has 0 fully saturated rings. The highest BCUT2D eigenvalue weighted by Gasteiger charge is 2.15. The lowest BCUT2D eigenvalue weighted by Crippen LogP contribution is -2.35. The minimum absolute atomic E-state index is 0.0776. The van der Waals surface area contributed by atoms with Crippen molar-refractivity contribution in [2.45, 2.75) is 13.0 Å². The van der Waals surface area contributed by atoms with Crippen molar-refractivity contribution in [3.63, 3.8) is 0 Å². The van der Waals surface area contributed by atoms with E-state index < -0.39 is 0 Å². The zero-order chi connectivity index (χ0) is 11.3. The smallest absolute Gasteiger partial charge is 0.236 e. The molecule has 0 bridgehead atoms. The molecule has 0 saturated carbocycles. The molecule has 0 aliphatic carbocycles. The molecule has 82 valence electrons. The first-order valence-corrected chi connectivity index (χ1v) is 4.97. The Labute approximate surface area is 90.3 Å². The van der Waals surface area contributed by atoms with Gasteiger partial charge in [-0.15, -0.1) is 0 Å². The maximum Gasteiger partial charge on any atom is 0.236 e. The number of nitrogens with one attached hydrogen (secondary N) is 1. The quantitative estimate of drug-likeness (QED) is 0.795. The van der Waals surface area contributed by atoms with Gasteiger partial charge < -0.3 is 10.2 Å². The standard InChI is InChI=1S/C11H17N3O/c1-9(10-4-6-13-7-5-10)14(3)11(15)8-12-2/h4-7,9,12H,8H2,1-3H3. The second kappa shape index (κ2) is 5.46. The Hall–Kier alpha value is -1.42. The fourth-order valence-electron chi connectivity index (χ4n) is 1.36. The highest BCUT2D eigenvalue weighted by Crippen LogP contribution is 2.17. The van der Waals surface area contributed by atoms with E-state index in [4.69, 9.17) is 0 Å². The predicted molar refractivity (Wildman–Crippen MR) is 59.3 cm³/mol. The van der Waals surface area contributed by atoms with Gasteiger partial charge in [-0.2, -0.15) is 0 Å². The van der Waals surface area contributed by atoms with Gasteiger partial charge in [-0.1, -0.05) is 0 Å². The first-order valence-electron chi connectivity index (χ1n) is 4.97. The third-order valence-electron chi connectivity index (χ3n) is 2.49. The summed E-state index contributed by atoms with van der Waals surface area (Å²) in [5, 5.41) is 2.85. The summed E-state index contributed by atoms with van der Waals surface area (Å²) in [6.45, 7) is 2.37. The molecule has 0 aliphatic rings. The van der Waals surface area contributed by atoms with Crippen molar-refractivity contribution in [1.82, 2.24) is 15.2 Å². The Balaban J connectivity index is 2.68. The Morgan fingerprint density at radius 3 is 2.67 bits per heavy atom. The van der Waals surface area contributed by atoms with E-state index in [0.717, 1.165) is 5.56 Å². The largest absolute Gasteiger partial charge is 0.338 e. The summed E-state index contributed by atoms with van der Waals surface area (Å²) in [6, 6.07) is 3.93. The summed E-state index contributed by atoms with van der Waals surface area (Å²) >= 11 is 0. The minimum Gasteiger partial charge on any atom is -0.338 e. The number of hydrogen-bond acceptors (Lipinski definition) is 3. The van der Waals surface area contributed by atoms with Crippen LogP contribution in [0.4, 0.5) is 0 Å². The lowest BCUT2D eigenvalue weighted by molar-refractivity contribution is -0.130. The first kappa shape index (κ1) is 11.7. The number of amides is 1. The Morgan fingerprint density at radius 2 is 2.13 bits per heavy atom. The SMILES string of the molecule is CNCC(=O)N(C)C(C)c1ccncc1. The fourth-order valence-corrected chi connectivity index (χ4v) is 1.36. The molecule has 1 amide bonds. The van der Waals surface area contributed by atoms with E-state index in [1.807, 2.05) is 26.1 Å². The molecule has 4 heteroatoms. The van der Waals surface area contributed by atoms with Gasteiger partial charge in [-0.05, 0) is 31.7 Å². The van der Waals surface area contributed by atoms with Gasteiger partial charge in [0.05, 0.1) is 12.6 Å². The van der Waals surface area contributed by atoms with Crippen molar-refractivity contribution in [3.05, 3.63) is 30.1 Å². The Bertz CT molecular complexity index is 313. The highest BCUT2D eigenvalue weighted by atomic mass is 16.2. The molecule has 1 N–H and O–H groups in total. The highest BCUT2D eigenvalue weighted by molar-refractivity contribution is 5.78. The van der Waals surface area contributed by atoms with E-state index in [9.17, 15) is 4.79 Å². The van der Waals surface area contributed by atoms with Crippen molar-refractivity contribution in [1.29, 1.82) is 0 Å². The van der Waals surface area contributed by atoms with Crippen LogP contribution in [-0.2, 0) is 4.79 Å². The van der Waals surface area contributed by atoms with Crippen LogP contribution in [0.2, 0.25) is 0 Å². The maximum atomic E-state index is 11.6. The lowest BCUT2D eigenvalue weighted by Gasteiger charge is -2.25. The molecule has 4 nitrogen and oxygen atoms in total. The summed E-state index contributed by atoms with van der Waals surface area (Å²) < 4.78 is 0. The van der Waals surface area contributed by atoms with Crippen LogP contribution in [0, 0.1) is 0 Å². The topological polar surface area (TPSA) is 45.2 Å². The predicted octanol–water partition coefficient (Wildman–Crippen LogP) is 0.820. The average molecular weight is 207 g/mol. The van der Waals surface area contributed by atoms with Crippen LogP contribution in [0.3, 0.4) is 0 Å². The van der Waals surface area contributed by atoms with Gasteiger partial charge >= 0.3 is 0 Å². The average Bonchev–Trinajstić information content (AvgIpc) is 2.28. The number of carbonyl (C=O) groups is 1. The third kappa shape index (κ3) is 3.02. The molecule has 1 heterocycles. The molecule has 1 unspecified atom stereocenters. The van der Waals surface area contributed by atoms with Crippen LogP contribution in [0.25, 0.3) is 0 Å². The molecule has 0 radical (unpaired) electrons. The molecule has 0 spiro atoms. The van der Waals surface area contributed by atoms with Crippen LogP contribution in [0.5, 0.6) is 0 Å². The van der Waals surface area contributed by atoms with Gasteiger partial charge in [-0.25, -0.2) is 0 Å². The zero-order valence-electron chi connectivity index (χ0n) is 9.40. The van der Waals surface area contributed by atoms with Gasteiger partial charge in [0.15, 0.2) is 0 Å². The molecule has 0 saturated heterocycles. The normalized spacial score (nSPS) is 12.2. The molecule has 0 aromatic carbocycles. The summed E-state index contributed by atoms with van der Waals surface area (Å²) in [7, 11) is 3.58. The second-order valence-corrected chi connectivity index (χ2v) is 3.49. The van der Waals surface area contributed by atoms with Crippen LogP contribution in [0.1, 0.15) is 18.5 Å². The Kier molecular flexibility index (Phi) is 4.24. The van der Waals surface area contributed by atoms with E-state index in [2.05, 4.69) is 10.3 Å². The van der Waals surface area contributed by atoms with E-state index in [1.54, 1.807) is 24.3 Å². The van der Waals surface area contributed by atoms with Crippen molar-refractivity contribution >= 4 is 5.91 Å². The summed E-state index contributed by atoms with van der Waals surface area (Å²) in [5.41, 5.74) is 1.09. The molecular weight excluding hydrogens is 190 g/mol. The summed E-state index contributed by atoms with van der Waals surface area (Å²) in [5.74, 6) is 0.0850. The number of hydrogen-bond donors (Lipinski definition) is 1. The number of likely N-dealkylation sites (N-methyl/N-ethyl adjacent to an activating group) is 2. The number of rotatable bonds is 4. The van der Waals surface area contributed by atoms with Crippen LogP contribution in [0.15, 0.2) is 24.5 Å². The van der Waals surface area contributed by atoms with Crippen molar-refractivity contribution in [2.24, 2.45) is 0 Å². The molecular formula is C11H17N3O. The van der Waals surface area contributed by atoms with Crippen molar-refractivity contribution < 1.29 is 4.79 Å². The maximum absolute atomic E-state index is 11.6. The summed E-state index contributed by atoms with van der Waals surface area (Å²) in [4.78, 5) is 17.3. The third-order valence-corrected chi connectivity index (χ3v) is 2.49. The summed E-state index contributed by atoms with van der Waals surface area (Å²) in [6.07, 6.45) is 3.48. The first-order chi connectivity index (χ1) is 7.16. The van der Waals surface area contributed by atoms with Gasteiger partial charge in [0.25, 0.3) is 0 Å². The van der Waals surface area contributed by atoms with Gasteiger partial charge in [0, 0.05) is 19.4 Å². The molecule has 15 heavy (non-hydrogen) atoms. The second-order valence-electron chi connectivity index (χ2n) is 3.49. The fraction of sp³-hybridized carbons (Fsp3) is 0.455. The number of pyridine rings is 1. The zero-order valence-corrected chi connectivity index (χ0v) is 9.40. The van der Waals surface area contributed by atoms with Gasteiger partial charge in [0.1, 0.15) is 0 Å². The number of nitrogens with zero attached hydrogens (tertiary/aromatic N) is 2. The number of aromatic nitrogens is 1. The van der Waals surface area contributed by atoms with E-state index in [1.165, 1.54) is 0 Å².